The highest BCUT2D eigenvalue weighted by Crippen LogP contribution is 2.20. The van der Waals surface area contributed by atoms with E-state index in [1.807, 2.05) is 6.07 Å². The normalized spacial score (nSPS) is 12.1. The monoisotopic (exact) mass is 497 g/mol. The summed E-state index contributed by atoms with van der Waals surface area (Å²) in [6.45, 7) is 6.83. The summed E-state index contributed by atoms with van der Waals surface area (Å²) in [5.41, 5.74) is 3.58. The first-order chi connectivity index (χ1) is 13.1. The maximum absolute atomic E-state index is 5.86. The minimum atomic E-state index is 0. The number of nitrogens with one attached hydrogen (secondary N) is 2. The predicted octanol–water partition coefficient (Wildman–Crippen LogP) is 4.11. The van der Waals surface area contributed by atoms with E-state index in [-0.39, 0.29) is 24.0 Å². The van der Waals surface area contributed by atoms with Gasteiger partial charge in [-0.25, -0.2) is 0 Å². The van der Waals surface area contributed by atoms with Crippen LogP contribution < -0.4 is 15.4 Å². The van der Waals surface area contributed by atoms with Gasteiger partial charge in [-0.15, -0.1) is 24.0 Å². The fraction of sp³-hybridized carbons (Fsp3) is 0.409. The number of aryl methyl sites for hydroxylation is 1. The molecule has 0 bridgehead atoms. The average molecular weight is 497 g/mol. The lowest BCUT2D eigenvalue weighted by Gasteiger charge is -2.18. The molecule has 0 amide bonds. The van der Waals surface area contributed by atoms with Crippen LogP contribution in [0.5, 0.6) is 5.75 Å². The second-order valence-corrected chi connectivity index (χ2v) is 6.57. The maximum Gasteiger partial charge on any atom is 0.191 e. The van der Waals surface area contributed by atoms with Crippen molar-refractivity contribution in [1.82, 2.24) is 10.6 Å². The molecule has 0 radical (unpaired) electrons. The number of nitrogens with zero attached hydrogens (tertiary/aromatic N) is 1. The van der Waals surface area contributed by atoms with Gasteiger partial charge in [-0.3, -0.25) is 4.99 Å². The summed E-state index contributed by atoms with van der Waals surface area (Å²) in [5, 5.41) is 6.77. The Labute approximate surface area is 186 Å². The van der Waals surface area contributed by atoms with Crippen LogP contribution >= 0.6 is 24.0 Å². The Morgan fingerprint density at radius 2 is 1.82 bits per heavy atom. The third kappa shape index (κ3) is 8.06. The zero-order valence-corrected chi connectivity index (χ0v) is 19.5. The molecule has 0 saturated carbocycles. The SMILES string of the molecule is CN=C(NCc1ccc(C)cc1OCCOC)NCC(C)c1ccccc1.I. The number of benzene rings is 2. The molecule has 6 heteroatoms. The molecule has 0 aromatic heterocycles. The molecular formula is C22H32IN3O2. The Bertz CT molecular complexity index is 723. The van der Waals surface area contributed by atoms with E-state index < -0.39 is 0 Å². The standard InChI is InChI=1S/C22H31N3O2.HI/c1-17-10-11-20(21(14-17)27-13-12-26-4)16-25-22(23-3)24-15-18(2)19-8-6-5-7-9-19;/h5-11,14,18H,12-13,15-16H2,1-4H3,(H2,23,24,25);1H. The number of halogens is 1. The van der Waals surface area contributed by atoms with Crippen LogP contribution in [-0.2, 0) is 11.3 Å². The van der Waals surface area contributed by atoms with Crippen LogP contribution in [0.2, 0.25) is 0 Å². The topological polar surface area (TPSA) is 54.9 Å². The van der Waals surface area contributed by atoms with E-state index in [4.69, 9.17) is 9.47 Å². The molecule has 0 aliphatic rings. The average Bonchev–Trinajstić information content (AvgIpc) is 2.70. The van der Waals surface area contributed by atoms with Crippen molar-refractivity contribution in [2.24, 2.45) is 4.99 Å². The van der Waals surface area contributed by atoms with Gasteiger partial charge in [0.1, 0.15) is 12.4 Å². The molecule has 1 atom stereocenters. The van der Waals surface area contributed by atoms with Gasteiger partial charge in [0.2, 0.25) is 0 Å². The minimum absolute atomic E-state index is 0. The number of hydrogen-bond donors (Lipinski definition) is 2. The summed E-state index contributed by atoms with van der Waals surface area (Å²) in [5.74, 6) is 2.06. The van der Waals surface area contributed by atoms with Crippen molar-refractivity contribution < 1.29 is 9.47 Å². The molecule has 5 nitrogen and oxygen atoms in total. The third-order valence-corrected chi connectivity index (χ3v) is 4.38. The van der Waals surface area contributed by atoms with Gasteiger partial charge < -0.3 is 20.1 Å². The van der Waals surface area contributed by atoms with Crippen LogP contribution in [0.15, 0.2) is 53.5 Å². The van der Waals surface area contributed by atoms with Crippen LogP contribution in [0, 0.1) is 6.92 Å². The van der Waals surface area contributed by atoms with Crippen molar-refractivity contribution in [3.8, 4) is 5.75 Å². The second kappa shape index (κ2) is 13.4. The van der Waals surface area contributed by atoms with Crippen molar-refractivity contribution in [2.75, 3.05) is 33.9 Å². The highest BCUT2D eigenvalue weighted by Gasteiger charge is 2.08. The molecule has 2 aromatic rings. The van der Waals surface area contributed by atoms with Gasteiger partial charge in [0, 0.05) is 32.8 Å². The third-order valence-electron chi connectivity index (χ3n) is 4.38. The Hall–Kier alpha value is -1.80. The largest absolute Gasteiger partial charge is 0.491 e. The number of ether oxygens (including phenoxy) is 2. The van der Waals surface area contributed by atoms with Crippen LogP contribution in [-0.4, -0.2) is 39.9 Å². The van der Waals surface area contributed by atoms with E-state index in [0.717, 1.165) is 23.8 Å². The number of methoxy groups -OCH3 is 1. The van der Waals surface area contributed by atoms with Gasteiger partial charge >= 0.3 is 0 Å². The fourth-order valence-corrected chi connectivity index (χ4v) is 2.73. The molecule has 0 aliphatic heterocycles. The molecule has 28 heavy (non-hydrogen) atoms. The molecule has 1 unspecified atom stereocenters. The van der Waals surface area contributed by atoms with E-state index in [9.17, 15) is 0 Å². The van der Waals surface area contributed by atoms with Gasteiger partial charge in [-0.2, -0.15) is 0 Å². The lowest BCUT2D eigenvalue weighted by Crippen LogP contribution is -2.38. The first-order valence-electron chi connectivity index (χ1n) is 9.34. The van der Waals surface area contributed by atoms with Gasteiger partial charge in [0.25, 0.3) is 0 Å². The number of aliphatic imine (C=N–C) groups is 1. The lowest BCUT2D eigenvalue weighted by molar-refractivity contribution is 0.145. The molecule has 154 valence electrons. The molecule has 0 heterocycles. The Kier molecular flexibility index (Phi) is 11.6. The Morgan fingerprint density at radius 1 is 1.07 bits per heavy atom. The number of hydrogen-bond acceptors (Lipinski definition) is 3. The molecule has 2 N–H and O–H groups in total. The van der Waals surface area contributed by atoms with Gasteiger partial charge in [-0.1, -0.05) is 49.4 Å². The highest BCUT2D eigenvalue weighted by molar-refractivity contribution is 14.0. The summed E-state index contributed by atoms with van der Waals surface area (Å²) in [6, 6.07) is 16.7. The maximum atomic E-state index is 5.86. The molecule has 0 fully saturated rings. The van der Waals surface area contributed by atoms with Crippen LogP contribution in [0.1, 0.15) is 29.5 Å². The summed E-state index contributed by atoms with van der Waals surface area (Å²) in [4.78, 5) is 4.32. The van der Waals surface area contributed by atoms with E-state index in [2.05, 4.69) is 71.9 Å². The van der Waals surface area contributed by atoms with Crippen molar-refractivity contribution in [3.05, 3.63) is 65.2 Å². The molecule has 2 aromatic carbocycles. The summed E-state index contributed by atoms with van der Waals surface area (Å²) in [7, 11) is 3.46. The first-order valence-corrected chi connectivity index (χ1v) is 9.34. The van der Waals surface area contributed by atoms with E-state index in [0.29, 0.717) is 25.7 Å². The van der Waals surface area contributed by atoms with Gasteiger partial charge in [0.05, 0.1) is 6.61 Å². The zero-order valence-electron chi connectivity index (χ0n) is 17.2. The fourth-order valence-electron chi connectivity index (χ4n) is 2.73. The lowest BCUT2D eigenvalue weighted by atomic mass is 10.0. The zero-order chi connectivity index (χ0) is 19.5. The van der Waals surface area contributed by atoms with Gasteiger partial charge in [-0.05, 0) is 30.0 Å². The van der Waals surface area contributed by atoms with Crippen molar-refractivity contribution >= 4 is 29.9 Å². The predicted molar refractivity (Wildman–Crippen MR) is 127 cm³/mol. The van der Waals surface area contributed by atoms with E-state index in [1.54, 1.807) is 14.2 Å². The molecule has 2 rings (SSSR count). The molecular weight excluding hydrogens is 465 g/mol. The van der Waals surface area contributed by atoms with Crippen molar-refractivity contribution in [2.45, 2.75) is 26.3 Å². The Morgan fingerprint density at radius 3 is 2.50 bits per heavy atom. The van der Waals surface area contributed by atoms with Crippen LogP contribution in [0.3, 0.4) is 0 Å². The van der Waals surface area contributed by atoms with Gasteiger partial charge in [0.15, 0.2) is 5.96 Å². The highest BCUT2D eigenvalue weighted by atomic mass is 127. The van der Waals surface area contributed by atoms with Crippen molar-refractivity contribution in [3.63, 3.8) is 0 Å². The first kappa shape index (κ1) is 24.2. The summed E-state index contributed by atoms with van der Waals surface area (Å²) >= 11 is 0. The molecule has 0 saturated heterocycles. The number of rotatable bonds is 9. The quantitative estimate of drug-likeness (QED) is 0.237. The van der Waals surface area contributed by atoms with E-state index in [1.165, 1.54) is 11.1 Å². The minimum Gasteiger partial charge on any atom is -0.491 e. The number of guanidine groups is 1. The van der Waals surface area contributed by atoms with Crippen LogP contribution in [0.4, 0.5) is 0 Å². The van der Waals surface area contributed by atoms with Crippen molar-refractivity contribution in [1.29, 1.82) is 0 Å². The Balaban J connectivity index is 0.00000392. The summed E-state index contributed by atoms with van der Waals surface area (Å²) < 4.78 is 10.9. The smallest absolute Gasteiger partial charge is 0.191 e. The molecule has 0 spiro atoms. The second-order valence-electron chi connectivity index (χ2n) is 6.57. The molecule has 0 aliphatic carbocycles. The summed E-state index contributed by atoms with van der Waals surface area (Å²) in [6.07, 6.45) is 0. The van der Waals surface area contributed by atoms with E-state index >= 15 is 0 Å². The van der Waals surface area contributed by atoms with Crippen LogP contribution in [0.25, 0.3) is 0 Å².